The number of carbonyl (C=O) groups excluding carboxylic acids is 1. The number of fused-ring (bicyclic) bond motifs is 2. The zero-order chi connectivity index (χ0) is 19.0. The van der Waals surface area contributed by atoms with E-state index in [9.17, 15) is 4.79 Å². The van der Waals surface area contributed by atoms with Crippen LogP contribution in [0.25, 0.3) is 0 Å². The first kappa shape index (κ1) is 17.7. The highest BCUT2D eigenvalue weighted by molar-refractivity contribution is 5.95. The predicted octanol–water partition coefficient (Wildman–Crippen LogP) is 1.87. The smallest absolute Gasteiger partial charge is 0.254 e. The van der Waals surface area contributed by atoms with Gasteiger partial charge in [-0.15, -0.1) is 0 Å². The molecule has 2 aliphatic rings. The second-order valence-corrected chi connectivity index (χ2v) is 7.42. The van der Waals surface area contributed by atoms with Crippen molar-refractivity contribution in [2.45, 2.75) is 18.4 Å². The molecule has 1 fully saturated rings. The third-order valence-corrected chi connectivity index (χ3v) is 5.35. The van der Waals surface area contributed by atoms with Crippen LogP contribution in [0.1, 0.15) is 28.0 Å². The first-order valence-electron chi connectivity index (χ1n) is 9.07. The molecular weight excluding hydrogens is 344 g/mol. The highest BCUT2D eigenvalue weighted by atomic mass is 16.5. The third kappa shape index (κ3) is 3.12. The number of amides is 1. The third-order valence-electron chi connectivity index (χ3n) is 5.35. The van der Waals surface area contributed by atoms with E-state index in [2.05, 4.69) is 4.98 Å². The molecule has 1 amide bonds. The molecule has 2 aliphatic heterocycles. The SMILES string of the molecule is COc1cccc(C(=O)N2CC[C@]3(COCc4cnc(N(C)C)nc43)C2)c1. The van der Waals surface area contributed by atoms with Gasteiger partial charge >= 0.3 is 0 Å². The van der Waals surface area contributed by atoms with Crippen LogP contribution >= 0.6 is 0 Å². The number of anilines is 1. The molecule has 7 nitrogen and oxygen atoms in total. The summed E-state index contributed by atoms with van der Waals surface area (Å²) in [6, 6.07) is 7.29. The average Bonchev–Trinajstić information content (AvgIpc) is 3.12. The summed E-state index contributed by atoms with van der Waals surface area (Å²) in [5, 5.41) is 0. The summed E-state index contributed by atoms with van der Waals surface area (Å²) >= 11 is 0. The predicted molar refractivity (Wildman–Crippen MR) is 101 cm³/mol. The maximum Gasteiger partial charge on any atom is 0.254 e. The van der Waals surface area contributed by atoms with Gasteiger partial charge in [-0.2, -0.15) is 0 Å². The van der Waals surface area contributed by atoms with Crippen molar-refractivity contribution in [1.29, 1.82) is 0 Å². The van der Waals surface area contributed by atoms with E-state index in [-0.39, 0.29) is 11.3 Å². The van der Waals surface area contributed by atoms with E-state index in [1.807, 2.05) is 48.3 Å². The number of aromatic nitrogens is 2. The van der Waals surface area contributed by atoms with Crippen molar-refractivity contribution in [2.24, 2.45) is 0 Å². The van der Waals surface area contributed by atoms with Gasteiger partial charge in [0.25, 0.3) is 5.91 Å². The minimum Gasteiger partial charge on any atom is -0.497 e. The van der Waals surface area contributed by atoms with Crippen LogP contribution in [0.4, 0.5) is 5.95 Å². The number of carbonyl (C=O) groups is 1. The number of likely N-dealkylation sites (tertiary alicyclic amines) is 1. The molecule has 1 aromatic heterocycles. The molecule has 0 N–H and O–H groups in total. The highest BCUT2D eigenvalue weighted by Gasteiger charge is 2.46. The van der Waals surface area contributed by atoms with Crippen molar-refractivity contribution in [2.75, 3.05) is 45.8 Å². The number of rotatable bonds is 3. The number of hydrogen-bond acceptors (Lipinski definition) is 6. The summed E-state index contributed by atoms with van der Waals surface area (Å²) in [6.07, 6.45) is 2.69. The van der Waals surface area contributed by atoms with Crippen molar-refractivity contribution in [3.63, 3.8) is 0 Å². The van der Waals surface area contributed by atoms with Gasteiger partial charge in [-0.1, -0.05) is 6.07 Å². The molecule has 2 aromatic rings. The Morgan fingerprint density at radius 1 is 1.37 bits per heavy atom. The molecule has 1 atom stereocenters. The Morgan fingerprint density at radius 2 is 2.22 bits per heavy atom. The molecular formula is C20H24N4O3. The topological polar surface area (TPSA) is 67.8 Å². The summed E-state index contributed by atoms with van der Waals surface area (Å²) in [6.45, 7) is 2.38. The zero-order valence-corrected chi connectivity index (χ0v) is 15.9. The van der Waals surface area contributed by atoms with Crippen molar-refractivity contribution >= 4 is 11.9 Å². The maximum atomic E-state index is 13.0. The van der Waals surface area contributed by atoms with Gasteiger partial charge in [0.05, 0.1) is 31.4 Å². The molecule has 1 aromatic carbocycles. The standard InChI is InChI=1S/C20H24N4O3/c1-23(2)19-21-10-15-11-27-13-20(17(15)22-19)7-8-24(12-20)18(25)14-5-4-6-16(9-14)26-3/h4-6,9-10H,7-8,11-13H2,1-3H3/t20-/m1/s1. The van der Waals surface area contributed by atoms with E-state index < -0.39 is 0 Å². The van der Waals surface area contributed by atoms with Crippen molar-refractivity contribution in [3.05, 3.63) is 47.3 Å². The van der Waals surface area contributed by atoms with E-state index >= 15 is 0 Å². The number of hydrogen-bond donors (Lipinski definition) is 0. The van der Waals surface area contributed by atoms with Crippen molar-refractivity contribution < 1.29 is 14.3 Å². The van der Waals surface area contributed by atoms with E-state index in [0.717, 1.165) is 17.7 Å². The number of ether oxygens (including phenoxy) is 2. The van der Waals surface area contributed by atoms with E-state index in [1.165, 1.54) is 0 Å². The molecule has 0 saturated carbocycles. The number of methoxy groups -OCH3 is 1. The van der Waals surface area contributed by atoms with E-state index in [0.29, 0.717) is 43.6 Å². The fourth-order valence-electron chi connectivity index (χ4n) is 3.90. The quantitative estimate of drug-likeness (QED) is 0.824. The Labute approximate surface area is 158 Å². The first-order valence-corrected chi connectivity index (χ1v) is 9.07. The van der Waals surface area contributed by atoms with Gasteiger partial charge in [-0.25, -0.2) is 9.97 Å². The molecule has 0 aliphatic carbocycles. The van der Waals surface area contributed by atoms with Crippen molar-refractivity contribution in [3.8, 4) is 5.75 Å². The zero-order valence-electron chi connectivity index (χ0n) is 15.9. The van der Waals surface area contributed by atoms with Crippen LogP contribution in [0.15, 0.2) is 30.5 Å². The summed E-state index contributed by atoms with van der Waals surface area (Å²) in [5.41, 5.74) is 2.41. The van der Waals surface area contributed by atoms with Crippen molar-refractivity contribution in [1.82, 2.24) is 14.9 Å². The molecule has 142 valence electrons. The second-order valence-electron chi connectivity index (χ2n) is 7.42. The number of benzene rings is 1. The minimum absolute atomic E-state index is 0.0137. The van der Waals surface area contributed by atoms with Gasteiger partial charge in [-0.3, -0.25) is 4.79 Å². The summed E-state index contributed by atoms with van der Waals surface area (Å²) in [5.74, 6) is 1.39. The van der Waals surface area contributed by atoms with E-state index in [1.54, 1.807) is 13.2 Å². The van der Waals surface area contributed by atoms with Crippen LogP contribution in [-0.2, 0) is 16.8 Å². The van der Waals surface area contributed by atoms with Crippen LogP contribution in [0.3, 0.4) is 0 Å². The lowest BCUT2D eigenvalue weighted by Gasteiger charge is -2.34. The number of nitrogens with zero attached hydrogens (tertiary/aromatic N) is 4. The molecule has 1 spiro atoms. The Hall–Kier alpha value is -2.67. The van der Waals surface area contributed by atoms with Crippen LogP contribution in [-0.4, -0.2) is 61.7 Å². The van der Waals surface area contributed by atoms with Crippen LogP contribution in [0.2, 0.25) is 0 Å². The maximum absolute atomic E-state index is 13.0. The Kier molecular flexibility index (Phi) is 4.47. The Morgan fingerprint density at radius 3 is 3.00 bits per heavy atom. The molecule has 1 saturated heterocycles. The molecule has 3 heterocycles. The molecule has 0 unspecified atom stereocenters. The van der Waals surface area contributed by atoms with E-state index in [4.69, 9.17) is 14.5 Å². The molecule has 27 heavy (non-hydrogen) atoms. The monoisotopic (exact) mass is 368 g/mol. The summed E-state index contributed by atoms with van der Waals surface area (Å²) < 4.78 is 11.1. The summed E-state index contributed by atoms with van der Waals surface area (Å²) in [4.78, 5) is 26.0. The second kappa shape index (κ2) is 6.81. The lowest BCUT2D eigenvalue weighted by atomic mass is 9.80. The first-order chi connectivity index (χ1) is 13.0. The average molecular weight is 368 g/mol. The van der Waals surface area contributed by atoms with Crippen LogP contribution in [0.5, 0.6) is 5.75 Å². The van der Waals surface area contributed by atoms with Gasteiger partial charge in [-0.05, 0) is 24.6 Å². The van der Waals surface area contributed by atoms with Gasteiger partial charge in [0.2, 0.25) is 5.95 Å². The molecule has 4 rings (SSSR count). The lowest BCUT2D eigenvalue weighted by Crippen LogP contribution is -2.42. The van der Waals surface area contributed by atoms with Gasteiger partial charge in [0.1, 0.15) is 5.75 Å². The molecule has 7 heteroatoms. The van der Waals surface area contributed by atoms with Gasteiger partial charge < -0.3 is 19.3 Å². The Bertz CT molecular complexity index is 870. The summed E-state index contributed by atoms with van der Waals surface area (Å²) in [7, 11) is 5.47. The normalized spacial score (nSPS) is 21.2. The highest BCUT2D eigenvalue weighted by Crippen LogP contribution is 2.39. The fourth-order valence-corrected chi connectivity index (χ4v) is 3.90. The van der Waals surface area contributed by atoms with Crippen LogP contribution < -0.4 is 9.64 Å². The molecule has 0 bridgehead atoms. The minimum atomic E-state index is -0.268. The largest absolute Gasteiger partial charge is 0.497 e. The van der Waals surface area contributed by atoms with Gasteiger partial charge in [0.15, 0.2) is 0 Å². The van der Waals surface area contributed by atoms with Gasteiger partial charge in [0, 0.05) is 44.5 Å². The van der Waals surface area contributed by atoms with Crippen LogP contribution in [0, 0.1) is 0 Å². The fraction of sp³-hybridized carbons (Fsp3) is 0.450. The molecule has 0 radical (unpaired) electrons. The Balaban J connectivity index is 1.62. The lowest BCUT2D eigenvalue weighted by molar-refractivity contribution is 0.0485.